The Labute approximate surface area is 173 Å². The average Bonchev–Trinajstić information content (AvgIpc) is 3.05. The molecule has 1 fully saturated rings. The van der Waals surface area contributed by atoms with Crippen LogP contribution in [-0.4, -0.2) is 44.2 Å². The number of aryl methyl sites for hydroxylation is 2. The summed E-state index contributed by atoms with van der Waals surface area (Å²) in [5.41, 5.74) is 3.76. The quantitative estimate of drug-likeness (QED) is 0.548. The Morgan fingerprint density at radius 3 is 2.59 bits per heavy atom. The monoisotopic (exact) mass is 413 g/mol. The van der Waals surface area contributed by atoms with Crippen molar-refractivity contribution in [3.8, 4) is 5.82 Å². The minimum Gasteiger partial charge on any atom is -0.462 e. The number of pyridine rings is 1. The third-order valence-electron chi connectivity index (χ3n) is 4.41. The van der Waals surface area contributed by atoms with Crippen LogP contribution in [0.1, 0.15) is 36.4 Å². The lowest BCUT2D eigenvalue weighted by molar-refractivity contribution is -0.149. The van der Waals surface area contributed by atoms with Crippen LogP contribution in [-0.2, 0) is 14.3 Å². The summed E-state index contributed by atoms with van der Waals surface area (Å²) in [5, 5.41) is -0.476. The van der Waals surface area contributed by atoms with Gasteiger partial charge in [-0.2, -0.15) is 0 Å². The maximum absolute atomic E-state index is 12.6. The Kier molecular flexibility index (Phi) is 5.93. The molecule has 29 heavy (non-hydrogen) atoms. The van der Waals surface area contributed by atoms with E-state index in [1.807, 2.05) is 43.5 Å². The fourth-order valence-electron chi connectivity index (χ4n) is 3.09. The lowest BCUT2D eigenvalue weighted by Gasteiger charge is -2.13. The lowest BCUT2D eigenvalue weighted by atomic mass is 10.2. The van der Waals surface area contributed by atoms with E-state index in [2.05, 4.69) is 4.98 Å². The predicted molar refractivity (Wildman–Crippen MR) is 112 cm³/mol. The van der Waals surface area contributed by atoms with E-state index >= 15 is 0 Å². The molecule has 0 bridgehead atoms. The van der Waals surface area contributed by atoms with E-state index in [4.69, 9.17) is 4.74 Å². The van der Waals surface area contributed by atoms with Crippen LogP contribution >= 0.6 is 11.8 Å². The summed E-state index contributed by atoms with van der Waals surface area (Å²) in [5.74, 6) is -0.305. The van der Waals surface area contributed by atoms with Crippen LogP contribution in [0.15, 0.2) is 29.3 Å². The average molecular weight is 413 g/mol. The van der Waals surface area contributed by atoms with E-state index in [-0.39, 0.29) is 17.6 Å². The zero-order valence-electron chi connectivity index (χ0n) is 17.1. The van der Waals surface area contributed by atoms with E-state index in [1.165, 1.54) is 0 Å². The number of thioether (sulfide) groups is 1. The number of rotatable bonds is 5. The Morgan fingerprint density at radius 2 is 1.97 bits per heavy atom. The van der Waals surface area contributed by atoms with Crippen molar-refractivity contribution in [2.24, 2.45) is 0 Å². The highest BCUT2D eigenvalue weighted by Gasteiger charge is 2.37. The molecule has 0 unspecified atom stereocenters. The van der Waals surface area contributed by atoms with Gasteiger partial charge in [0.1, 0.15) is 12.4 Å². The molecule has 2 aromatic rings. The largest absolute Gasteiger partial charge is 0.462 e. The van der Waals surface area contributed by atoms with E-state index < -0.39 is 17.1 Å². The minimum absolute atomic E-state index is 0.282. The smallest absolute Gasteiger partial charge is 0.326 e. The van der Waals surface area contributed by atoms with Gasteiger partial charge in [0.15, 0.2) is 0 Å². The first-order chi connectivity index (χ1) is 13.7. The Bertz CT molecular complexity index is 1010. The van der Waals surface area contributed by atoms with Crippen molar-refractivity contribution >= 4 is 35.0 Å². The number of ether oxygens (including phenoxy) is 1. The second-order valence-corrected chi connectivity index (χ2v) is 8.16. The topological polar surface area (TPSA) is 81.5 Å². The van der Waals surface area contributed by atoms with Crippen LogP contribution < -0.4 is 0 Å². The molecule has 3 heterocycles. The van der Waals surface area contributed by atoms with Crippen LogP contribution in [0.2, 0.25) is 0 Å². The summed E-state index contributed by atoms with van der Waals surface area (Å²) < 4.78 is 7.03. The van der Waals surface area contributed by atoms with Crippen molar-refractivity contribution in [1.82, 2.24) is 14.5 Å². The minimum atomic E-state index is -0.604. The van der Waals surface area contributed by atoms with Gasteiger partial charge in [0.05, 0.1) is 11.0 Å². The molecular formula is C21H23N3O4S. The molecule has 1 saturated heterocycles. The van der Waals surface area contributed by atoms with E-state index in [0.29, 0.717) is 0 Å². The molecule has 0 N–H and O–H groups in total. The maximum atomic E-state index is 12.6. The Morgan fingerprint density at radius 1 is 1.24 bits per heavy atom. The van der Waals surface area contributed by atoms with Crippen LogP contribution in [0.4, 0.5) is 4.79 Å². The van der Waals surface area contributed by atoms with Gasteiger partial charge < -0.3 is 9.30 Å². The molecule has 3 rings (SSSR count). The lowest BCUT2D eigenvalue weighted by Crippen LogP contribution is -2.35. The summed E-state index contributed by atoms with van der Waals surface area (Å²) in [6, 6.07) is 5.87. The standard InChI is InChI=1S/C21H23N3O4S/c1-12(2)28-19(25)11-23-20(26)17(29-21(23)27)9-16-8-14(4)24(15(16)5)18-7-6-13(3)10-22-18/h6-10,12H,11H2,1-5H3/b17-9+. The molecule has 0 aromatic carbocycles. The van der Waals surface area contributed by atoms with Gasteiger partial charge >= 0.3 is 5.97 Å². The van der Waals surface area contributed by atoms with Gasteiger partial charge in [-0.15, -0.1) is 0 Å². The van der Waals surface area contributed by atoms with Crippen molar-refractivity contribution in [3.05, 3.63) is 51.8 Å². The fourth-order valence-corrected chi connectivity index (χ4v) is 3.91. The number of amides is 2. The number of nitrogens with zero attached hydrogens (tertiary/aromatic N) is 3. The van der Waals surface area contributed by atoms with Crippen molar-refractivity contribution in [1.29, 1.82) is 0 Å². The molecule has 2 aromatic heterocycles. The van der Waals surface area contributed by atoms with Crippen molar-refractivity contribution in [2.45, 2.75) is 40.7 Å². The van der Waals surface area contributed by atoms with Gasteiger partial charge in [-0.05, 0) is 75.7 Å². The number of hydrogen-bond acceptors (Lipinski definition) is 6. The number of carbonyl (C=O) groups is 3. The van der Waals surface area contributed by atoms with Gasteiger partial charge in [-0.1, -0.05) is 6.07 Å². The van der Waals surface area contributed by atoms with Crippen LogP contribution in [0.5, 0.6) is 0 Å². The van der Waals surface area contributed by atoms with Gasteiger partial charge in [0, 0.05) is 17.6 Å². The normalized spacial score (nSPS) is 15.7. The van der Waals surface area contributed by atoms with E-state index in [9.17, 15) is 14.4 Å². The molecule has 0 atom stereocenters. The highest BCUT2D eigenvalue weighted by molar-refractivity contribution is 8.18. The zero-order valence-corrected chi connectivity index (χ0v) is 17.9. The molecule has 152 valence electrons. The molecule has 8 heteroatoms. The molecule has 0 saturated carbocycles. The third-order valence-corrected chi connectivity index (χ3v) is 5.32. The second kappa shape index (κ2) is 8.24. The maximum Gasteiger partial charge on any atom is 0.326 e. The Balaban J connectivity index is 1.86. The number of carbonyl (C=O) groups excluding carboxylic acids is 3. The molecule has 0 spiro atoms. The second-order valence-electron chi connectivity index (χ2n) is 7.16. The highest BCUT2D eigenvalue weighted by atomic mass is 32.2. The summed E-state index contributed by atoms with van der Waals surface area (Å²) >= 11 is 0.825. The molecule has 7 nitrogen and oxygen atoms in total. The van der Waals surface area contributed by atoms with Gasteiger partial charge in [0.25, 0.3) is 11.1 Å². The first-order valence-corrected chi connectivity index (χ1v) is 10.1. The molecule has 0 aliphatic carbocycles. The Hall–Kier alpha value is -2.87. The van der Waals surface area contributed by atoms with Crippen LogP contribution in [0, 0.1) is 20.8 Å². The van der Waals surface area contributed by atoms with Gasteiger partial charge in [-0.3, -0.25) is 19.3 Å². The van der Waals surface area contributed by atoms with E-state index in [0.717, 1.165) is 45.0 Å². The number of hydrogen-bond donors (Lipinski definition) is 0. The van der Waals surface area contributed by atoms with Crippen LogP contribution in [0.3, 0.4) is 0 Å². The molecule has 0 radical (unpaired) electrons. The highest BCUT2D eigenvalue weighted by Crippen LogP contribution is 2.33. The van der Waals surface area contributed by atoms with Gasteiger partial charge in [-0.25, -0.2) is 4.98 Å². The summed E-state index contributed by atoms with van der Waals surface area (Å²) in [6.07, 6.45) is 3.18. The number of esters is 1. The number of imide groups is 1. The van der Waals surface area contributed by atoms with Crippen molar-refractivity contribution in [3.63, 3.8) is 0 Å². The molecule has 1 aliphatic rings. The first-order valence-electron chi connectivity index (χ1n) is 9.24. The molecule has 1 aliphatic heterocycles. The van der Waals surface area contributed by atoms with E-state index in [1.54, 1.807) is 26.1 Å². The van der Waals surface area contributed by atoms with Crippen molar-refractivity contribution < 1.29 is 19.1 Å². The predicted octanol–water partition coefficient (Wildman–Crippen LogP) is 3.79. The zero-order chi connectivity index (χ0) is 21.3. The summed E-state index contributed by atoms with van der Waals surface area (Å²) in [7, 11) is 0. The SMILES string of the molecule is Cc1ccc(-n2c(C)cc(/C=C3/SC(=O)N(CC(=O)OC(C)C)C3=O)c2C)nc1. The first kappa shape index (κ1) is 20.9. The summed E-state index contributed by atoms with van der Waals surface area (Å²) in [6.45, 7) is 8.91. The van der Waals surface area contributed by atoms with Gasteiger partial charge in [0.2, 0.25) is 0 Å². The number of aromatic nitrogens is 2. The van der Waals surface area contributed by atoms with Crippen molar-refractivity contribution in [2.75, 3.05) is 6.54 Å². The fraction of sp³-hybridized carbons (Fsp3) is 0.333. The molecule has 2 amide bonds. The molecular weight excluding hydrogens is 390 g/mol. The third kappa shape index (κ3) is 4.42. The van der Waals surface area contributed by atoms with Crippen LogP contribution in [0.25, 0.3) is 11.9 Å². The summed E-state index contributed by atoms with van der Waals surface area (Å²) in [4.78, 5) is 42.4.